The molecule has 0 amide bonds. The van der Waals surface area contributed by atoms with E-state index in [2.05, 4.69) is 30.1 Å². The Labute approximate surface area is 160 Å². The van der Waals surface area contributed by atoms with Crippen molar-refractivity contribution in [3.8, 4) is 22.4 Å². The maximum absolute atomic E-state index is 14.6. The van der Waals surface area contributed by atoms with Crippen LogP contribution in [-0.2, 0) is 0 Å². The maximum atomic E-state index is 14.6. The van der Waals surface area contributed by atoms with Crippen molar-refractivity contribution in [2.24, 2.45) is 0 Å². The number of rotatable bonds is 2. The summed E-state index contributed by atoms with van der Waals surface area (Å²) in [5, 5.41) is 1.66. The van der Waals surface area contributed by atoms with Crippen molar-refractivity contribution in [2.45, 2.75) is 6.92 Å². The highest BCUT2D eigenvalue weighted by atomic mass is 32.1. The van der Waals surface area contributed by atoms with Gasteiger partial charge in [0.1, 0.15) is 5.82 Å². The van der Waals surface area contributed by atoms with Crippen molar-refractivity contribution in [1.29, 1.82) is 0 Å². The van der Waals surface area contributed by atoms with Gasteiger partial charge in [0.15, 0.2) is 0 Å². The minimum atomic E-state index is -0.179. The van der Waals surface area contributed by atoms with E-state index in [-0.39, 0.29) is 5.82 Å². The van der Waals surface area contributed by atoms with Gasteiger partial charge in [-0.1, -0.05) is 48.5 Å². The predicted molar refractivity (Wildman–Crippen MR) is 113 cm³/mol. The topological polar surface area (TPSA) is 12.9 Å². The van der Waals surface area contributed by atoms with Crippen LogP contribution in [0.15, 0.2) is 79.0 Å². The summed E-state index contributed by atoms with van der Waals surface area (Å²) >= 11 is 1.62. The van der Waals surface area contributed by atoms with E-state index >= 15 is 0 Å². The van der Waals surface area contributed by atoms with E-state index in [0.29, 0.717) is 5.39 Å². The standard InChI is InChI=1S/C24H16FNS/c1-15-14-26-21(13-19(15)16-7-3-2-4-8-16)17-11-12-20(25)23-18-9-5-6-10-22(18)27-24(17)23/h2-14H,1H3. The first kappa shape index (κ1) is 16.2. The Bertz CT molecular complexity index is 1290. The van der Waals surface area contributed by atoms with E-state index in [9.17, 15) is 4.39 Å². The van der Waals surface area contributed by atoms with Gasteiger partial charge in [-0.25, -0.2) is 4.39 Å². The fourth-order valence-corrected chi connectivity index (χ4v) is 4.83. The second-order valence-electron chi connectivity index (χ2n) is 6.65. The Morgan fingerprint density at radius 2 is 1.63 bits per heavy atom. The number of aryl methyl sites for hydroxylation is 1. The highest BCUT2D eigenvalue weighted by molar-refractivity contribution is 7.26. The second kappa shape index (κ2) is 6.29. The van der Waals surface area contributed by atoms with Gasteiger partial charge in [-0.3, -0.25) is 4.98 Å². The minimum Gasteiger partial charge on any atom is -0.256 e. The molecule has 0 atom stereocenters. The molecular weight excluding hydrogens is 353 g/mol. The average molecular weight is 369 g/mol. The van der Waals surface area contributed by atoms with E-state index in [1.807, 2.05) is 54.7 Å². The van der Waals surface area contributed by atoms with E-state index in [4.69, 9.17) is 0 Å². The molecule has 2 heterocycles. The van der Waals surface area contributed by atoms with Crippen molar-refractivity contribution in [2.75, 3.05) is 0 Å². The van der Waals surface area contributed by atoms with Gasteiger partial charge in [-0.15, -0.1) is 11.3 Å². The molecule has 27 heavy (non-hydrogen) atoms. The van der Waals surface area contributed by atoms with Crippen LogP contribution in [0.3, 0.4) is 0 Å². The molecule has 0 aliphatic heterocycles. The normalized spacial score (nSPS) is 11.3. The number of hydrogen-bond acceptors (Lipinski definition) is 2. The molecule has 130 valence electrons. The zero-order valence-corrected chi connectivity index (χ0v) is 15.6. The molecule has 0 aliphatic rings. The third-order valence-electron chi connectivity index (χ3n) is 4.94. The third kappa shape index (κ3) is 2.63. The molecule has 0 aliphatic carbocycles. The average Bonchev–Trinajstić information content (AvgIpc) is 3.10. The van der Waals surface area contributed by atoms with Crippen LogP contribution in [0.4, 0.5) is 4.39 Å². The molecule has 0 saturated carbocycles. The zero-order valence-electron chi connectivity index (χ0n) is 14.7. The van der Waals surface area contributed by atoms with Gasteiger partial charge in [0, 0.05) is 31.9 Å². The lowest BCUT2D eigenvalue weighted by molar-refractivity contribution is 0.641. The van der Waals surface area contributed by atoms with Gasteiger partial charge in [0.05, 0.1) is 5.69 Å². The van der Waals surface area contributed by atoms with Gasteiger partial charge in [-0.2, -0.15) is 0 Å². The number of aromatic nitrogens is 1. The van der Waals surface area contributed by atoms with Crippen LogP contribution >= 0.6 is 11.3 Å². The summed E-state index contributed by atoms with van der Waals surface area (Å²) < 4.78 is 16.7. The molecule has 2 aromatic heterocycles. The number of hydrogen-bond donors (Lipinski definition) is 0. The van der Waals surface area contributed by atoms with E-state index in [1.165, 1.54) is 0 Å². The summed E-state index contributed by atoms with van der Waals surface area (Å²) in [4.78, 5) is 4.67. The molecular formula is C24H16FNS. The summed E-state index contributed by atoms with van der Waals surface area (Å²) in [5.74, 6) is -0.179. The fraction of sp³-hybridized carbons (Fsp3) is 0.0417. The molecule has 0 unspecified atom stereocenters. The van der Waals surface area contributed by atoms with Crippen molar-refractivity contribution in [3.63, 3.8) is 0 Å². The summed E-state index contributed by atoms with van der Waals surface area (Å²) in [7, 11) is 0. The number of fused-ring (bicyclic) bond motifs is 3. The van der Waals surface area contributed by atoms with E-state index in [0.717, 1.165) is 42.7 Å². The van der Waals surface area contributed by atoms with Gasteiger partial charge >= 0.3 is 0 Å². The third-order valence-corrected chi connectivity index (χ3v) is 6.14. The molecule has 3 heteroatoms. The first-order valence-corrected chi connectivity index (χ1v) is 9.66. The van der Waals surface area contributed by atoms with Crippen LogP contribution in [-0.4, -0.2) is 4.98 Å². The molecule has 0 bridgehead atoms. The van der Waals surface area contributed by atoms with Gasteiger partial charge < -0.3 is 0 Å². The predicted octanol–water partition coefficient (Wildman–Crippen LogP) is 7.23. The van der Waals surface area contributed by atoms with Crippen LogP contribution in [0, 0.1) is 12.7 Å². The quantitative estimate of drug-likeness (QED) is 0.320. The van der Waals surface area contributed by atoms with Crippen LogP contribution in [0.2, 0.25) is 0 Å². The first-order valence-electron chi connectivity index (χ1n) is 8.84. The lowest BCUT2D eigenvalue weighted by Crippen LogP contribution is -1.90. The van der Waals surface area contributed by atoms with E-state index < -0.39 is 0 Å². The molecule has 5 aromatic rings. The number of thiophene rings is 1. The van der Waals surface area contributed by atoms with E-state index in [1.54, 1.807) is 17.4 Å². The van der Waals surface area contributed by atoms with Crippen LogP contribution in [0.5, 0.6) is 0 Å². The summed E-state index contributed by atoms with van der Waals surface area (Å²) in [6, 6.07) is 23.8. The summed E-state index contributed by atoms with van der Waals surface area (Å²) in [6.45, 7) is 2.07. The molecule has 3 aromatic carbocycles. The molecule has 5 rings (SSSR count). The zero-order chi connectivity index (χ0) is 18.4. The largest absolute Gasteiger partial charge is 0.256 e. The number of nitrogens with zero attached hydrogens (tertiary/aromatic N) is 1. The molecule has 1 nitrogen and oxygen atoms in total. The second-order valence-corrected chi connectivity index (χ2v) is 7.70. The Hall–Kier alpha value is -3.04. The monoisotopic (exact) mass is 369 g/mol. The Balaban J connectivity index is 1.79. The number of halogens is 1. The number of benzene rings is 3. The minimum absolute atomic E-state index is 0.179. The highest BCUT2D eigenvalue weighted by Gasteiger charge is 2.15. The lowest BCUT2D eigenvalue weighted by atomic mass is 9.99. The summed E-state index contributed by atoms with van der Waals surface area (Å²) in [5.41, 5.74) is 5.29. The maximum Gasteiger partial charge on any atom is 0.132 e. The summed E-state index contributed by atoms with van der Waals surface area (Å²) in [6.07, 6.45) is 1.90. The van der Waals surface area contributed by atoms with Crippen LogP contribution < -0.4 is 0 Å². The van der Waals surface area contributed by atoms with Gasteiger partial charge in [-0.05, 0) is 47.9 Å². The van der Waals surface area contributed by atoms with Crippen LogP contribution in [0.25, 0.3) is 42.6 Å². The van der Waals surface area contributed by atoms with Gasteiger partial charge in [0.2, 0.25) is 0 Å². The van der Waals surface area contributed by atoms with Crippen molar-refractivity contribution in [1.82, 2.24) is 4.98 Å². The van der Waals surface area contributed by atoms with Crippen molar-refractivity contribution in [3.05, 3.63) is 90.4 Å². The lowest BCUT2D eigenvalue weighted by Gasteiger charge is -2.10. The molecule has 0 N–H and O–H groups in total. The molecule has 0 radical (unpaired) electrons. The Morgan fingerprint density at radius 1 is 0.852 bits per heavy atom. The Morgan fingerprint density at radius 3 is 2.48 bits per heavy atom. The molecule has 0 spiro atoms. The molecule has 0 saturated heterocycles. The Kier molecular flexibility index (Phi) is 3.76. The van der Waals surface area contributed by atoms with Crippen molar-refractivity contribution < 1.29 is 4.39 Å². The highest BCUT2D eigenvalue weighted by Crippen LogP contribution is 2.41. The van der Waals surface area contributed by atoms with Gasteiger partial charge in [0.25, 0.3) is 0 Å². The SMILES string of the molecule is Cc1cnc(-c2ccc(F)c3c2sc2ccccc23)cc1-c1ccccc1. The van der Waals surface area contributed by atoms with Crippen molar-refractivity contribution >= 4 is 31.5 Å². The van der Waals surface area contributed by atoms with Crippen LogP contribution in [0.1, 0.15) is 5.56 Å². The smallest absolute Gasteiger partial charge is 0.132 e. The number of pyridine rings is 1. The first-order chi connectivity index (χ1) is 13.2. The molecule has 0 fully saturated rings. The fourth-order valence-electron chi connectivity index (χ4n) is 3.59.